The molecule has 19 heavy (non-hydrogen) atoms. The smallest absolute Gasteiger partial charge is 0.309 e. The number of rotatable bonds is 5. The minimum absolute atomic E-state index is 0.412. The van der Waals surface area contributed by atoms with Crippen LogP contribution in [-0.2, 0) is 11.2 Å². The molecular formula is C14H19BrO4. The highest BCUT2D eigenvalue weighted by Crippen LogP contribution is 2.40. The Kier molecular flexibility index (Phi) is 4.85. The fraction of sp³-hybridized carbons (Fsp3) is 0.500. The molecule has 0 aliphatic carbocycles. The number of carboxylic acids is 1. The number of hydrogen-bond donors (Lipinski definition) is 1. The predicted octanol–water partition coefficient (Wildman–Crippen LogP) is 3.43. The van der Waals surface area contributed by atoms with Crippen LogP contribution in [0.25, 0.3) is 0 Å². The monoisotopic (exact) mass is 330 g/mol. The number of methoxy groups -OCH3 is 2. The van der Waals surface area contributed by atoms with Crippen molar-refractivity contribution < 1.29 is 19.4 Å². The highest BCUT2D eigenvalue weighted by molar-refractivity contribution is 9.10. The van der Waals surface area contributed by atoms with Gasteiger partial charge in [0.1, 0.15) is 0 Å². The Morgan fingerprint density at radius 1 is 1.37 bits per heavy atom. The van der Waals surface area contributed by atoms with Gasteiger partial charge in [0.05, 0.1) is 19.6 Å². The van der Waals surface area contributed by atoms with Gasteiger partial charge in [-0.25, -0.2) is 0 Å². The molecule has 0 aliphatic rings. The molecule has 1 N–H and O–H groups in total. The first-order valence-corrected chi connectivity index (χ1v) is 6.67. The topological polar surface area (TPSA) is 55.8 Å². The first kappa shape index (κ1) is 15.8. The third kappa shape index (κ3) is 3.21. The van der Waals surface area contributed by atoms with Gasteiger partial charge in [-0.1, -0.05) is 15.9 Å². The maximum Gasteiger partial charge on any atom is 0.309 e. The van der Waals surface area contributed by atoms with Gasteiger partial charge in [0.2, 0.25) is 0 Å². The van der Waals surface area contributed by atoms with E-state index in [0.29, 0.717) is 17.9 Å². The van der Waals surface area contributed by atoms with E-state index in [4.69, 9.17) is 9.47 Å². The van der Waals surface area contributed by atoms with Crippen LogP contribution < -0.4 is 9.47 Å². The zero-order valence-electron chi connectivity index (χ0n) is 11.8. The molecule has 1 rings (SSSR count). The summed E-state index contributed by atoms with van der Waals surface area (Å²) in [5.74, 6) is 0.444. The summed E-state index contributed by atoms with van der Waals surface area (Å²) in [6.07, 6.45) is 0.412. The van der Waals surface area contributed by atoms with E-state index in [1.807, 2.05) is 6.92 Å². The highest BCUT2D eigenvalue weighted by Gasteiger charge is 2.30. The van der Waals surface area contributed by atoms with Crippen LogP contribution >= 0.6 is 15.9 Å². The maximum absolute atomic E-state index is 11.3. The third-order valence-electron chi connectivity index (χ3n) is 3.18. The van der Waals surface area contributed by atoms with Gasteiger partial charge in [-0.05, 0) is 44.4 Å². The van der Waals surface area contributed by atoms with Crippen LogP contribution in [0.4, 0.5) is 0 Å². The van der Waals surface area contributed by atoms with Crippen molar-refractivity contribution in [3.63, 3.8) is 0 Å². The van der Waals surface area contributed by atoms with E-state index in [0.717, 1.165) is 15.6 Å². The Morgan fingerprint density at radius 2 is 1.95 bits per heavy atom. The van der Waals surface area contributed by atoms with Crippen LogP contribution in [-0.4, -0.2) is 25.3 Å². The molecule has 0 amide bonds. The summed E-state index contributed by atoms with van der Waals surface area (Å²) in [5, 5.41) is 9.24. The molecular weight excluding hydrogens is 312 g/mol. The molecule has 1 aromatic carbocycles. The third-order valence-corrected chi connectivity index (χ3v) is 3.89. The molecule has 0 aromatic heterocycles. The molecule has 4 nitrogen and oxygen atoms in total. The lowest BCUT2D eigenvalue weighted by atomic mass is 9.84. The number of ether oxygens (including phenoxy) is 2. The predicted molar refractivity (Wildman–Crippen MR) is 77.1 cm³/mol. The normalized spacial score (nSPS) is 11.3. The summed E-state index contributed by atoms with van der Waals surface area (Å²) in [6, 6.07) is 1.80. The zero-order valence-corrected chi connectivity index (χ0v) is 13.4. The van der Waals surface area contributed by atoms with Crippen LogP contribution in [0.1, 0.15) is 25.0 Å². The highest BCUT2D eigenvalue weighted by atomic mass is 79.9. The van der Waals surface area contributed by atoms with E-state index in [9.17, 15) is 9.90 Å². The van der Waals surface area contributed by atoms with Gasteiger partial charge < -0.3 is 14.6 Å². The van der Waals surface area contributed by atoms with Crippen LogP contribution in [0.2, 0.25) is 0 Å². The summed E-state index contributed by atoms with van der Waals surface area (Å²) >= 11 is 3.48. The Bertz CT molecular complexity index is 495. The summed E-state index contributed by atoms with van der Waals surface area (Å²) < 4.78 is 11.4. The van der Waals surface area contributed by atoms with Crippen LogP contribution in [0.15, 0.2) is 10.5 Å². The molecule has 0 bridgehead atoms. The fourth-order valence-electron chi connectivity index (χ4n) is 1.91. The second-order valence-corrected chi connectivity index (χ2v) is 5.92. The number of benzene rings is 1. The average Bonchev–Trinajstić information content (AvgIpc) is 2.33. The first-order valence-electron chi connectivity index (χ1n) is 5.88. The molecule has 1 aromatic rings. The van der Waals surface area contributed by atoms with Crippen molar-refractivity contribution in [2.24, 2.45) is 5.41 Å². The summed E-state index contributed by atoms with van der Waals surface area (Å²) in [6.45, 7) is 5.31. The molecule has 0 aliphatic heterocycles. The van der Waals surface area contributed by atoms with Gasteiger partial charge in [-0.2, -0.15) is 0 Å². The number of carbonyl (C=O) groups is 1. The van der Waals surface area contributed by atoms with Crippen molar-refractivity contribution in [1.29, 1.82) is 0 Å². The zero-order chi connectivity index (χ0) is 14.8. The van der Waals surface area contributed by atoms with Gasteiger partial charge in [0.15, 0.2) is 11.5 Å². The second kappa shape index (κ2) is 5.82. The van der Waals surface area contributed by atoms with Gasteiger partial charge in [-0.3, -0.25) is 4.79 Å². The SMILES string of the molecule is COc1cc(Br)c(CC(C)(C)C(=O)O)c(C)c1OC. The van der Waals surface area contributed by atoms with Crippen molar-refractivity contribution in [3.05, 3.63) is 21.7 Å². The molecule has 0 saturated heterocycles. The van der Waals surface area contributed by atoms with Crippen molar-refractivity contribution in [1.82, 2.24) is 0 Å². The van der Waals surface area contributed by atoms with Crippen molar-refractivity contribution >= 4 is 21.9 Å². The fourth-order valence-corrected chi connectivity index (χ4v) is 2.55. The number of hydrogen-bond acceptors (Lipinski definition) is 3. The lowest BCUT2D eigenvalue weighted by Gasteiger charge is -2.23. The lowest BCUT2D eigenvalue weighted by molar-refractivity contribution is -0.146. The summed E-state index contributed by atoms with van der Waals surface area (Å²) in [5.41, 5.74) is 0.973. The molecule has 0 atom stereocenters. The van der Waals surface area contributed by atoms with Gasteiger partial charge in [-0.15, -0.1) is 0 Å². The molecule has 5 heteroatoms. The van der Waals surface area contributed by atoms with Gasteiger partial charge in [0.25, 0.3) is 0 Å². The quantitative estimate of drug-likeness (QED) is 0.898. The van der Waals surface area contributed by atoms with Crippen molar-refractivity contribution in [3.8, 4) is 11.5 Å². The van der Waals surface area contributed by atoms with Crippen LogP contribution in [0.3, 0.4) is 0 Å². The van der Waals surface area contributed by atoms with E-state index in [1.54, 1.807) is 34.1 Å². The Hall–Kier alpha value is -1.23. The Morgan fingerprint density at radius 3 is 2.37 bits per heavy atom. The second-order valence-electron chi connectivity index (χ2n) is 5.06. The van der Waals surface area contributed by atoms with E-state index >= 15 is 0 Å². The van der Waals surface area contributed by atoms with E-state index in [-0.39, 0.29) is 0 Å². The molecule has 0 saturated carbocycles. The largest absolute Gasteiger partial charge is 0.493 e. The van der Waals surface area contributed by atoms with E-state index in [1.165, 1.54) is 0 Å². The maximum atomic E-state index is 11.3. The minimum Gasteiger partial charge on any atom is -0.493 e. The van der Waals surface area contributed by atoms with Crippen LogP contribution in [0.5, 0.6) is 11.5 Å². The Balaban J connectivity index is 3.33. The van der Waals surface area contributed by atoms with E-state index in [2.05, 4.69) is 15.9 Å². The van der Waals surface area contributed by atoms with Crippen LogP contribution in [0, 0.1) is 12.3 Å². The minimum atomic E-state index is -0.840. The molecule has 0 spiro atoms. The molecule has 106 valence electrons. The number of halogens is 1. The number of carboxylic acid groups (broad SMARTS) is 1. The molecule has 0 radical (unpaired) electrons. The van der Waals surface area contributed by atoms with E-state index < -0.39 is 11.4 Å². The lowest BCUT2D eigenvalue weighted by Crippen LogP contribution is -2.26. The summed E-state index contributed by atoms with van der Waals surface area (Å²) in [7, 11) is 3.15. The van der Waals surface area contributed by atoms with Crippen molar-refractivity contribution in [2.75, 3.05) is 14.2 Å². The molecule has 0 unspecified atom stereocenters. The van der Waals surface area contributed by atoms with Gasteiger partial charge in [0, 0.05) is 4.47 Å². The molecule has 0 fully saturated rings. The van der Waals surface area contributed by atoms with Crippen molar-refractivity contribution in [2.45, 2.75) is 27.2 Å². The number of aliphatic carboxylic acids is 1. The average molecular weight is 331 g/mol. The molecule has 0 heterocycles. The standard InChI is InChI=1S/C14H19BrO4/c1-8-9(7-14(2,3)13(16)17)10(15)6-11(18-4)12(8)19-5/h6H,7H2,1-5H3,(H,16,17). The van der Waals surface area contributed by atoms with Gasteiger partial charge >= 0.3 is 5.97 Å². The summed E-state index contributed by atoms with van der Waals surface area (Å²) in [4.78, 5) is 11.3. The Labute approximate surface area is 121 Å². The first-order chi connectivity index (χ1) is 8.74.